The Morgan fingerprint density at radius 1 is 1.53 bits per heavy atom. The summed E-state index contributed by atoms with van der Waals surface area (Å²) in [6.07, 6.45) is 5.02. The average Bonchev–Trinajstić information content (AvgIpc) is 2.39. The topological polar surface area (TPSA) is 38.7 Å². The van der Waals surface area contributed by atoms with Crippen LogP contribution >= 0.6 is 0 Å². The minimum Gasteiger partial charge on any atom is -0.499 e. The molecule has 0 aliphatic heterocycles. The number of aliphatic imine (C=N–C) groups is 1. The molecule has 0 atom stereocenters. The Balaban J connectivity index is 3.11. The lowest BCUT2D eigenvalue weighted by Gasteiger charge is -2.07. The van der Waals surface area contributed by atoms with Crippen molar-refractivity contribution in [3.63, 3.8) is 0 Å². The van der Waals surface area contributed by atoms with Crippen LogP contribution in [0.1, 0.15) is 26.3 Å². The van der Waals surface area contributed by atoms with Gasteiger partial charge in [-0.1, -0.05) is 12.1 Å². The van der Waals surface area contributed by atoms with Gasteiger partial charge in [0.05, 0.1) is 12.4 Å². The molecule has 0 aliphatic rings. The van der Waals surface area contributed by atoms with Gasteiger partial charge in [0.25, 0.3) is 0 Å². The summed E-state index contributed by atoms with van der Waals surface area (Å²) >= 11 is 0. The Hall–Kier alpha value is -2.19. The van der Waals surface area contributed by atoms with Crippen molar-refractivity contribution in [3.8, 4) is 0 Å². The molecule has 0 amide bonds. The van der Waals surface area contributed by atoms with Gasteiger partial charge in [0, 0.05) is 0 Å². The molecule has 3 nitrogen and oxygen atoms in total. The van der Waals surface area contributed by atoms with E-state index >= 15 is 0 Å². The van der Waals surface area contributed by atoms with Gasteiger partial charge in [-0.2, -0.15) is 4.99 Å². The number of isocyanates is 1. The van der Waals surface area contributed by atoms with Crippen LogP contribution in [0.3, 0.4) is 0 Å². The Labute approximate surface area is 112 Å². The van der Waals surface area contributed by atoms with Crippen LogP contribution < -0.4 is 0 Å². The number of nitrogens with zero attached hydrogens (tertiary/aromatic N) is 1. The molecule has 1 rings (SSSR count). The molecule has 1 aromatic rings. The fourth-order valence-electron chi connectivity index (χ4n) is 1.65. The lowest BCUT2D eigenvalue weighted by molar-refractivity contribution is 0.232. The molecule has 1 aromatic carbocycles. The van der Waals surface area contributed by atoms with Gasteiger partial charge < -0.3 is 4.74 Å². The van der Waals surface area contributed by atoms with Crippen LogP contribution in [-0.2, 0) is 9.53 Å². The lowest BCUT2D eigenvalue weighted by Crippen LogP contribution is -1.89. The molecule has 100 valence electrons. The Bertz CT molecular complexity index is 555. The Morgan fingerprint density at radius 3 is 2.79 bits per heavy atom. The van der Waals surface area contributed by atoms with E-state index < -0.39 is 5.82 Å². The number of hydrogen-bond acceptors (Lipinski definition) is 3. The third kappa shape index (κ3) is 4.19. The van der Waals surface area contributed by atoms with Gasteiger partial charge in [0.1, 0.15) is 11.5 Å². The molecule has 0 radical (unpaired) electrons. The van der Waals surface area contributed by atoms with E-state index in [0.717, 1.165) is 11.3 Å². The van der Waals surface area contributed by atoms with Crippen molar-refractivity contribution in [2.24, 2.45) is 4.99 Å². The summed E-state index contributed by atoms with van der Waals surface area (Å²) in [6, 6.07) is 4.48. The molecular formula is C15H16FNO2. The minimum absolute atomic E-state index is 0.0142. The van der Waals surface area contributed by atoms with E-state index in [1.165, 1.54) is 18.2 Å². The van der Waals surface area contributed by atoms with Crippen LogP contribution in [0.2, 0.25) is 0 Å². The van der Waals surface area contributed by atoms with Gasteiger partial charge in [-0.05, 0) is 50.1 Å². The summed E-state index contributed by atoms with van der Waals surface area (Å²) in [5.74, 6) is 0.202. The van der Waals surface area contributed by atoms with Crippen LogP contribution in [0.15, 0.2) is 41.1 Å². The predicted molar refractivity (Wildman–Crippen MR) is 73.2 cm³/mol. The zero-order valence-electron chi connectivity index (χ0n) is 11.2. The van der Waals surface area contributed by atoms with Gasteiger partial charge >= 0.3 is 0 Å². The molecule has 0 unspecified atom stereocenters. The highest BCUT2D eigenvalue weighted by Gasteiger charge is 2.05. The fraction of sp³-hybridized carbons (Fsp3) is 0.267. The van der Waals surface area contributed by atoms with Gasteiger partial charge in [-0.3, -0.25) is 0 Å². The van der Waals surface area contributed by atoms with E-state index in [2.05, 4.69) is 4.99 Å². The number of allylic oxidation sites excluding steroid dienone is 4. The predicted octanol–water partition coefficient (Wildman–Crippen LogP) is 4.14. The molecule has 0 spiro atoms. The number of hydrogen-bond donors (Lipinski definition) is 0. The summed E-state index contributed by atoms with van der Waals surface area (Å²) in [6.45, 7) is 6.19. The molecule has 0 heterocycles. The van der Waals surface area contributed by atoms with Crippen molar-refractivity contribution >= 4 is 17.3 Å². The van der Waals surface area contributed by atoms with Crippen molar-refractivity contribution in [1.29, 1.82) is 0 Å². The maximum Gasteiger partial charge on any atom is 0.240 e. The molecule has 4 heteroatoms. The molecule has 19 heavy (non-hydrogen) atoms. The standard InChI is InChI=1S/C15H16FNO2/c1-4-12(8-11(3)19-5-2)13-6-7-15(17-10-18)14(16)9-13/h4,6-9H,5H2,1-3H3/b11-8+,12-4+. The number of rotatable bonds is 5. The van der Waals surface area contributed by atoms with Crippen LogP contribution in [0.5, 0.6) is 0 Å². The van der Waals surface area contributed by atoms with Crippen LogP contribution in [-0.4, -0.2) is 12.7 Å². The third-order valence-electron chi connectivity index (χ3n) is 2.49. The number of carbonyl (C=O) groups excluding carboxylic acids is 1. The first-order valence-electron chi connectivity index (χ1n) is 5.97. The smallest absolute Gasteiger partial charge is 0.240 e. The second-order valence-corrected chi connectivity index (χ2v) is 3.80. The van der Waals surface area contributed by atoms with E-state index in [1.807, 2.05) is 32.9 Å². The molecule has 0 fully saturated rings. The van der Waals surface area contributed by atoms with Crippen LogP contribution in [0.25, 0.3) is 5.57 Å². The van der Waals surface area contributed by atoms with Crippen molar-refractivity contribution in [2.75, 3.05) is 6.61 Å². The zero-order valence-corrected chi connectivity index (χ0v) is 11.2. The highest BCUT2D eigenvalue weighted by molar-refractivity contribution is 5.75. The normalized spacial score (nSPS) is 12.0. The summed E-state index contributed by atoms with van der Waals surface area (Å²) in [5, 5.41) is 0. The van der Waals surface area contributed by atoms with E-state index in [4.69, 9.17) is 4.74 Å². The maximum absolute atomic E-state index is 13.7. The van der Waals surface area contributed by atoms with Gasteiger partial charge in [-0.25, -0.2) is 9.18 Å². The highest BCUT2D eigenvalue weighted by atomic mass is 19.1. The third-order valence-corrected chi connectivity index (χ3v) is 2.49. The quantitative estimate of drug-likeness (QED) is 0.346. The summed E-state index contributed by atoms with van der Waals surface area (Å²) < 4.78 is 19.0. The fourth-order valence-corrected chi connectivity index (χ4v) is 1.65. The van der Waals surface area contributed by atoms with Crippen molar-refractivity contribution < 1.29 is 13.9 Å². The number of halogens is 1. The molecule has 0 bridgehead atoms. The van der Waals surface area contributed by atoms with Gasteiger partial charge in [0.15, 0.2) is 0 Å². The Morgan fingerprint density at radius 2 is 2.26 bits per heavy atom. The SMILES string of the molecule is C/C=C(\C=C(/C)OCC)c1ccc(N=C=O)c(F)c1. The summed E-state index contributed by atoms with van der Waals surface area (Å²) in [7, 11) is 0. The van der Waals surface area contributed by atoms with Crippen LogP contribution in [0.4, 0.5) is 10.1 Å². The monoisotopic (exact) mass is 261 g/mol. The highest BCUT2D eigenvalue weighted by Crippen LogP contribution is 2.24. The molecule has 0 N–H and O–H groups in total. The van der Waals surface area contributed by atoms with Crippen molar-refractivity contribution in [2.45, 2.75) is 20.8 Å². The second kappa shape index (κ2) is 7.29. The first-order chi connectivity index (χ1) is 9.12. The molecule has 0 aliphatic carbocycles. The first-order valence-corrected chi connectivity index (χ1v) is 5.97. The van der Waals surface area contributed by atoms with E-state index in [0.29, 0.717) is 12.2 Å². The summed E-state index contributed by atoms with van der Waals surface area (Å²) in [5.41, 5.74) is 1.52. The van der Waals surface area contributed by atoms with E-state index in [9.17, 15) is 9.18 Å². The zero-order chi connectivity index (χ0) is 14.3. The minimum atomic E-state index is -0.553. The number of ether oxygens (including phenoxy) is 1. The number of benzene rings is 1. The van der Waals surface area contributed by atoms with E-state index in [1.54, 1.807) is 6.07 Å². The molecular weight excluding hydrogens is 245 g/mol. The van der Waals surface area contributed by atoms with Crippen molar-refractivity contribution in [3.05, 3.63) is 47.5 Å². The lowest BCUT2D eigenvalue weighted by atomic mass is 10.0. The first kappa shape index (κ1) is 14.9. The average molecular weight is 261 g/mol. The Kier molecular flexibility index (Phi) is 5.71. The molecule has 0 saturated carbocycles. The second-order valence-electron chi connectivity index (χ2n) is 3.80. The van der Waals surface area contributed by atoms with Gasteiger partial charge in [0.2, 0.25) is 6.08 Å². The van der Waals surface area contributed by atoms with Gasteiger partial charge in [-0.15, -0.1) is 0 Å². The largest absolute Gasteiger partial charge is 0.499 e. The van der Waals surface area contributed by atoms with Crippen LogP contribution in [0, 0.1) is 5.82 Å². The maximum atomic E-state index is 13.7. The molecule has 0 aromatic heterocycles. The van der Waals surface area contributed by atoms with E-state index in [-0.39, 0.29) is 5.69 Å². The van der Waals surface area contributed by atoms with Crippen molar-refractivity contribution in [1.82, 2.24) is 0 Å². The summed E-state index contributed by atoms with van der Waals surface area (Å²) in [4.78, 5) is 13.4. The molecule has 0 saturated heterocycles.